The fraction of sp³-hybridized carbons (Fsp3) is 0.333. The Morgan fingerprint density at radius 2 is 1.83 bits per heavy atom. The number of benzene rings is 1. The van der Waals surface area contributed by atoms with Gasteiger partial charge in [0.15, 0.2) is 0 Å². The molecule has 0 aliphatic heterocycles. The van der Waals surface area contributed by atoms with E-state index in [1.807, 2.05) is 24.3 Å². The molecule has 1 aromatic carbocycles. The number of aliphatic hydroxyl groups is 1. The van der Waals surface area contributed by atoms with Gasteiger partial charge in [0.25, 0.3) is 0 Å². The van der Waals surface area contributed by atoms with E-state index < -0.39 is 6.10 Å². The minimum Gasteiger partial charge on any atom is -0.387 e. The standard InChI is InChI=1S/C9H12BrNO/c1-6(11)9(12)7-2-4-8(10)5-3-7/h2-6,9,12H,11H2,1H3/t6-,9-/m0/s1. The number of hydrogen-bond acceptors (Lipinski definition) is 2. The highest BCUT2D eigenvalue weighted by Gasteiger charge is 2.11. The summed E-state index contributed by atoms with van der Waals surface area (Å²) in [6, 6.07) is 7.27. The molecule has 0 radical (unpaired) electrons. The third-order valence-electron chi connectivity index (χ3n) is 1.71. The molecular formula is C9H12BrNO. The van der Waals surface area contributed by atoms with Gasteiger partial charge in [0, 0.05) is 10.5 Å². The van der Waals surface area contributed by atoms with Gasteiger partial charge < -0.3 is 10.8 Å². The van der Waals surface area contributed by atoms with E-state index in [0.717, 1.165) is 10.0 Å². The van der Waals surface area contributed by atoms with Crippen LogP contribution in [0.15, 0.2) is 28.7 Å². The second-order valence-electron chi connectivity index (χ2n) is 2.86. The average Bonchev–Trinajstić information content (AvgIpc) is 2.04. The van der Waals surface area contributed by atoms with Crippen LogP contribution < -0.4 is 5.73 Å². The van der Waals surface area contributed by atoms with Gasteiger partial charge in [0.1, 0.15) is 0 Å². The second-order valence-corrected chi connectivity index (χ2v) is 3.77. The van der Waals surface area contributed by atoms with Gasteiger partial charge in [-0.15, -0.1) is 0 Å². The quantitative estimate of drug-likeness (QED) is 0.814. The lowest BCUT2D eigenvalue weighted by atomic mass is 10.0. The molecule has 0 heterocycles. The molecule has 12 heavy (non-hydrogen) atoms. The molecule has 0 aliphatic rings. The van der Waals surface area contributed by atoms with Crippen molar-refractivity contribution in [1.82, 2.24) is 0 Å². The highest BCUT2D eigenvalue weighted by molar-refractivity contribution is 9.10. The molecule has 0 saturated heterocycles. The molecule has 2 nitrogen and oxygen atoms in total. The second kappa shape index (κ2) is 4.03. The summed E-state index contributed by atoms with van der Waals surface area (Å²) in [7, 11) is 0. The smallest absolute Gasteiger partial charge is 0.0938 e. The van der Waals surface area contributed by atoms with Crippen LogP contribution in [0.4, 0.5) is 0 Å². The van der Waals surface area contributed by atoms with E-state index in [-0.39, 0.29) is 6.04 Å². The normalized spacial score (nSPS) is 15.7. The summed E-state index contributed by atoms with van der Waals surface area (Å²) in [5, 5.41) is 9.55. The minimum atomic E-state index is -0.571. The molecule has 0 aromatic heterocycles. The largest absolute Gasteiger partial charge is 0.387 e. The molecule has 0 amide bonds. The number of halogens is 1. The molecule has 0 bridgehead atoms. The Hall–Kier alpha value is -0.380. The van der Waals surface area contributed by atoms with E-state index in [9.17, 15) is 5.11 Å². The molecule has 3 N–H and O–H groups in total. The van der Waals surface area contributed by atoms with Crippen LogP contribution in [0.25, 0.3) is 0 Å². The highest BCUT2D eigenvalue weighted by atomic mass is 79.9. The van der Waals surface area contributed by atoms with E-state index in [1.165, 1.54) is 0 Å². The molecule has 0 saturated carbocycles. The first-order valence-corrected chi connectivity index (χ1v) is 4.59. The van der Waals surface area contributed by atoms with Crippen LogP contribution in [0.5, 0.6) is 0 Å². The van der Waals surface area contributed by atoms with Crippen molar-refractivity contribution in [3.63, 3.8) is 0 Å². The summed E-state index contributed by atoms with van der Waals surface area (Å²) in [5.74, 6) is 0. The Bertz CT molecular complexity index is 245. The minimum absolute atomic E-state index is 0.230. The van der Waals surface area contributed by atoms with Gasteiger partial charge in [-0.3, -0.25) is 0 Å². The zero-order valence-corrected chi connectivity index (χ0v) is 8.45. The lowest BCUT2D eigenvalue weighted by Gasteiger charge is -2.14. The fourth-order valence-electron chi connectivity index (χ4n) is 0.964. The number of rotatable bonds is 2. The Morgan fingerprint density at radius 3 is 2.25 bits per heavy atom. The molecular weight excluding hydrogens is 218 g/mol. The molecule has 2 atom stereocenters. The molecule has 0 fully saturated rings. The third kappa shape index (κ3) is 2.30. The maximum absolute atomic E-state index is 9.55. The first-order valence-electron chi connectivity index (χ1n) is 3.80. The van der Waals surface area contributed by atoms with E-state index in [4.69, 9.17) is 5.73 Å². The molecule has 0 unspecified atom stereocenters. The van der Waals surface area contributed by atoms with Crippen molar-refractivity contribution in [2.45, 2.75) is 19.1 Å². The van der Waals surface area contributed by atoms with Crippen molar-refractivity contribution < 1.29 is 5.11 Å². The maximum atomic E-state index is 9.55. The van der Waals surface area contributed by atoms with Crippen LogP contribution in [-0.4, -0.2) is 11.1 Å². The van der Waals surface area contributed by atoms with Crippen LogP contribution in [0.1, 0.15) is 18.6 Å². The topological polar surface area (TPSA) is 46.2 Å². The SMILES string of the molecule is C[C@H](N)[C@H](O)c1ccc(Br)cc1. The van der Waals surface area contributed by atoms with Gasteiger partial charge in [-0.25, -0.2) is 0 Å². The predicted octanol–water partition coefficient (Wildman–Crippen LogP) is 1.83. The third-order valence-corrected chi connectivity index (χ3v) is 2.24. The van der Waals surface area contributed by atoms with E-state index >= 15 is 0 Å². The Balaban J connectivity index is 2.82. The van der Waals surface area contributed by atoms with Gasteiger partial charge in [-0.2, -0.15) is 0 Å². The zero-order valence-electron chi connectivity index (χ0n) is 6.87. The van der Waals surface area contributed by atoms with Gasteiger partial charge >= 0.3 is 0 Å². The monoisotopic (exact) mass is 229 g/mol. The summed E-state index contributed by atoms with van der Waals surface area (Å²) in [5.41, 5.74) is 6.40. The summed E-state index contributed by atoms with van der Waals surface area (Å²) >= 11 is 3.32. The summed E-state index contributed by atoms with van der Waals surface area (Å²) in [6.45, 7) is 1.78. The zero-order chi connectivity index (χ0) is 9.14. The average molecular weight is 230 g/mol. The molecule has 1 rings (SSSR count). The summed E-state index contributed by atoms with van der Waals surface area (Å²) in [6.07, 6.45) is -0.571. The van der Waals surface area contributed by atoms with Crippen molar-refractivity contribution in [3.8, 4) is 0 Å². The number of aliphatic hydroxyl groups excluding tert-OH is 1. The number of nitrogens with two attached hydrogens (primary N) is 1. The van der Waals surface area contributed by atoms with Crippen molar-refractivity contribution in [2.24, 2.45) is 5.73 Å². The highest BCUT2D eigenvalue weighted by Crippen LogP contribution is 2.18. The molecule has 3 heteroatoms. The molecule has 0 aliphatic carbocycles. The molecule has 66 valence electrons. The van der Waals surface area contributed by atoms with Gasteiger partial charge in [-0.05, 0) is 24.6 Å². The Kier molecular flexibility index (Phi) is 3.26. The van der Waals surface area contributed by atoms with Crippen molar-refractivity contribution in [2.75, 3.05) is 0 Å². The molecule has 0 spiro atoms. The lowest BCUT2D eigenvalue weighted by molar-refractivity contribution is 0.153. The van der Waals surface area contributed by atoms with Crippen LogP contribution in [0.3, 0.4) is 0 Å². The maximum Gasteiger partial charge on any atom is 0.0938 e. The van der Waals surface area contributed by atoms with Crippen LogP contribution in [-0.2, 0) is 0 Å². The van der Waals surface area contributed by atoms with E-state index in [2.05, 4.69) is 15.9 Å². The molecule has 1 aromatic rings. The fourth-order valence-corrected chi connectivity index (χ4v) is 1.23. The van der Waals surface area contributed by atoms with Crippen molar-refractivity contribution >= 4 is 15.9 Å². The van der Waals surface area contributed by atoms with Crippen LogP contribution in [0, 0.1) is 0 Å². The van der Waals surface area contributed by atoms with Crippen molar-refractivity contribution in [1.29, 1.82) is 0 Å². The van der Waals surface area contributed by atoms with Crippen molar-refractivity contribution in [3.05, 3.63) is 34.3 Å². The van der Waals surface area contributed by atoms with Crippen LogP contribution >= 0.6 is 15.9 Å². The Morgan fingerprint density at radius 1 is 1.33 bits per heavy atom. The van der Waals surface area contributed by atoms with Gasteiger partial charge in [0.2, 0.25) is 0 Å². The van der Waals surface area contributed by atoms with Gasteiger partial charge in [0.05, 0.1) is 6.10 Å². The van der Waals surface area contributed by atoms with E-state index in [0.29, 0.717) is 0 Å². The first kappa shape index (κ1) is 9.71. The lowest BCUT2D eigenvalue weighted by Crippen LogP contribution is -2.24. The number of hydrogen-bond donors (Lipinski definition) is 2. The van der Waals surface area contributed by atoms with Gasteiger partial charge in [-0.1, -0.05) is 28.1 Å². The summed E-state index contributed by atoms with van der Waals surface area (Å²) in [4.78, 5) is 0. The Labute approximate surface area is 80.5 Å². The summed E-state index contributed by atoms with van der Waals surface area (Å²) < 4.78 is 1.00. The predicted molar refractivity (Wildman–Crippen MR) is 52.8 cm³/mol. The van der Waals surface area contributed by atoms with Crippen LogP contribution in [0.2, 0.25) is 0 Å². The van der Waals surface area contributed by atoms with E-state index in [1.54, 1.807) is 6.92 Å². The first-order chi connectivity index (χ1) is 5.61.